The standard InChI is InChI=1S/C19H17BrO4S/c1-2-24-18-8-7-13(10-16(18)20)17(21)11-14(25)9-12-5-3-4-6-15(12)19(22)23/h3-8,10H,2,9,11H2,1H3,(H,22,23). The molecule has 0 radical (unpaired) electrons. The van der Waals surface area contributed by atoms with E-state index in [1.807, 2.05) is 6.92 Å². The number of Topliss-reactive ketones (excluding diaryl/α,β-unsaturated/α-hetero) is 1. The minimum absolute atomic E-state index is 0.0870. The van der Waals surface area contributed by atoms with Gasteiger partial charge in [0.25, 0.3) is 0 Å². The highest BCUT2D eigenvalue weighted by Crippen LogP contribution is 2.26. The highest BCUT2D eigenvalue weighted by atomic mass is 79.9. The van der Waals surface area contributed by atoms with Gasteiger partial charge in [-0.1, -0.05) is 30.4 Å². The molecule has 0 aliphatic rings. The minimum Gasteiger partial charge on any atom is -0.493 e. The summed E-state index contributed by atoms with van der Waals surface area (Å²) in [7, 11) is 0. The molecule has 0 bridgehead atoms. The second kappa shape index (κ2) is 8.87. The number of thiocarbonyl (C=S) groups is 1. The third kappa shape index (κ3) is 5.21. The van der Waals surface area contributed by atoms with Crippen LogP contribution in [0.3, 0.4) is 0 Å². The first-order valence-corrected chi connectivity index (χ1v) is 8.91. The van der Waals surface area contributed by atoms with Gasteiger partial charge >= 0.3 is 5.97 Å². The lowest BCUT2D eigenvalue weighted by Gasteiger charge is -2.09. The zero-order chi connectivity index (χ0) is 18.4. The van der Waals surface area contributed by atoms with E-state index >= 15 is 0 Å². The Hall–Kier alpha value is -2.05. The van der Waals surface area contributed by atoms with Crippen LogP contribution in [0.15, 0.2) is 46.9 Å². The lowest BCUT2D eigenvalue weighted by molar-refractivity contribution is 0.0695. The summed E-state index contributed by atoms with van der Waals surface area (Å²) in [6, 6.07) is 11.8. The predicted octanol–water partition coefficient (Wildman–Crippen LogP) is 4.73. The molecule has 0 spiro atoms. The maximum atomic E-state index is 12.4. The molecule has 4 nitrogen and oxygen atoms in total. The third-order valence-corrected chi connectivity index (χ3v) is 4.46. The van der Waals surface area contributed by atoms with Gasteiger partial charge in [0.2, 0.25) is 0 Å². The smallest absolute Gasteiger partial charge is 0.335 e. The van der Waals surface area contributed by atoms with Gasteiger partial charge < -0.3 is 9.84 Å². The summed E-state index contributed by atoms with van der Waals surface area (Å²) in [6.45, 7) is 2.43. The fourth-order valence-electron chi connectivity index (χ4n) is 2.39. The molecule has 0 amide bonds. The van der Waals surface area contributed by atoms with E-state index in [0.29, 0.717) is 32.8 Å². The summed E-state index contributed by atoms with van der Waals surface area (Å²) in [5, 5.41) is 9.21. The Labute approximate surface area is 160 Å². The topological polar surface area (TPSA) is 63.6 Å². The van der Waals surface area contributed by atoms with Crippen LogP contribution >= 0.6 is 28.1 Å². The molecule has 0 fully saturated rings. The number of carboxylic acids is 1. The first-order valence-electron chi connectivity index (χ1n) is 7.70. The van der Waals surface area contributed by atoms with Crippen molar-refractivity contribution in [1.82, 2.24) is 0 Å². The number of rotatable bonds is 8. The van der Waals surface area contributed by atoms with Crippen LogP contribution in [0.4, 0.5) is 0 Å². The van der Waals surface area contributed by atoms with E-state index in [1.165, 1.54) is 6.07 Å². The number of carbonyl (C=O) groups excluding carboxylic acids is 1. The van der Waals surface area contributed by atoms with E-state index in [-0.39, 0.29) is 24.2 Å². The van der Waals surface area contributed by atoms with Crippen LogP contribution in [0.25, 0.3) is 0 Å². The van der Waals surface area contributed by atoms with Crippen molar-refractivity contribution in [3.63, 3.8) is 0 Å². The highest BCUT2D eigenvalue weighted by Gasteiger charge is 2.15. The summed E-state index contributed by atoms with van der Waals surface area (Å²) in [5.74, 6) is -0.432. The average Bonchev–Trinajstić information content (AvgIpc) is 2.57. The van der Waals surface area contributed by atoms with Gasteiger partial charge in [-0.15, -0.1) is 0 Å². The van der Waals surface area contributed by atoms with Crippen LogP contribution in [0.5, 0.6) is 5.75 Å². The molecule has 0 aliphatic carbocycles. The summed E-state index contributed by atoms with van der Waals surface area (Å²) >= 11 is 8.70. The summed E-state index contributed by atoms with van der Waals surface area (Å²) in [5.41, 5.74) is 1.35. The molecule has 25 heavy (non-hydrogen) atoms. The molecule has 2 aromatic rings. The van der Waals surface area contributed by atoms with Crippen molar-refractivity contribution in [2.75, 3.05) is 6.61 Å². The SMILES string of the molecule is CCOc1ccc(C(=O)CC(=S)Cc2ccccc2C(=O)O)cc1Br. The number of carbonyl (C=O) groups is 2. The Bertz CT molecular complexity index is 817. The van der Waals surface area contributed by atoms with Crippen molar-refractivity contribution in [3.8, 4) is 5.75 Å². The third-order valence-electron chi connectivity index (χ3n) is 3.55. The van der Waals surface area contributed by atoms with Gasteiger partial charge in [0.1, 0.15) is 5.75 Å². The van der Waals surface area contributed by atoms with Gasteiger partial charge in [-0.05, 0) is 52.7 Å². The lowest BCUT2D eigenvalue weighted by Crippen LogP contribution is -2.11. The molecule has 2 rings (SSSR count). The second-order valence-corrected chi connectivity index (χ2v) is 6.79. The Morgan fingerprint density at radius 2 is 1.92 bits per heavy atom. The fourth-order valence-corrected chi connectivity index (χ4v) is 3.17. The Morgan fingerprint density at radius 3 is 2.56 bits per heavy atom. The summed E-state index contributed by atoms with van der Waals surface area (Å²) in [4.78, 5) is 24.2. The maximum absolute atomic E-state index is 12.4. The zero-order valence-electron chi connectivity index (χ0n) is 13.6. The van der Waals surface area contributed by atoms with Gasteiger partial charge in [0, 0.05) is 23.3 Å². The Balaban J connectivity index is 2.07. The second-order valence-electron chi connectivity index (χ2n) is 5.36. The summed E-state index contributed by atoms with van der Waals surface area (Å²) in [6.07, 6.45) is 0.367. The molecule has 0 aliphatic heterocycles. The van der Waals surface area contributed by atoms with Crippen LogP contribution in [-0.4, -0.2) is 28.3 Å². The predicted molar refractivity (Wildman–Crippen MR) is 104 cm³/mol. The van der Waals surface area contributed by atoms with Crippen LogP contribution < -0.4 is 4.74 Å². The minimum atomic E-state index is -1.000. The fraction of sp³-hybridized carbons (Fsp3) is 0.211. The van der Waals surface area contributed by atoms with Gasteiger partial charge in [-0.2, -0.15) is 0 Å². The number of hydrogen-bond donors (Lipinski definition) is 1. The zero-order valence-corrected chi connectivity index (χ0v) is 16.0. The lowest BCUT2D eigenvalue weighted by atomic mass is 9.99. The Kier molecular flexibility index (Phi) is 6.84. The number of ketones is 1. The van der Waals surface area contributed by atoms with Crippen LogP contribution in [0.1, 0.15) is 39.6 Å². The van der Waals surface area contributed by atoms with Gasteiger partial charge in [-0.3, -0.25) is 4.79 Å². The number of hydrogen-bond acceptors (Lipinski definition) is 4. The highest BCUT2D eigenvalue weighted by molar-refractivity contribution is 9.10. The summed E-state index contributed by atoms with van der Waals surface area (Å²) < 4.78 is 6.14. The average molecular weight is 421 g/mol. The number of carboxylic acid groups (broad SMARTS) is 1. The number of aromatic carboxylic acids is 1. The van der Waals surface area contributed by atoms with Gasteiger partial charge in [0.15, 0.2) is 5.78 Å². The van der Waals surface area contributed by atoms with Crippen LogP contribution in [-0.2, 0) is 6.42 Å². The largest absolute Gasteiger partial charge is 0.493 e. The first kappa shape index (κ1) is 19.3. The van der Waals surface area contributed by atoms with Crippen LogP contribution in [0.2, 0.25) is 0 Å². The molecule has 6 heteroatoms. The normalized spacial score (nSPS) is 10.3. The van der Waals surface area contributed by atoms with Gasteiger partial charge in [-0.25, -0.2) is 4.79 Å². The molecular formula is C19H17BrO4S. The Morgan fingerprint density at radius 1 is 1.20 bits per heavy atom. The molecule has 0 atom stereocenters. The van der Waals surface area contributed by atoms with E-state index in [0.717, 1.165) is 0 Å². The van der Waals surface area contributed by atoms with Gasteiger partial charge in [0.05, 0.1) is 16.6 Å². The van der Waals surface area contributed by atoms with E-state index < -0.39 is 5.97 Å². The number of halogens is 1. The van der Waals surface area contributed by atoms with E-state index in [1.54, 1.807) is 36.4 Å². The van der Waals surface area contributed by atoms with Crippen molar-refractivity contribution in [2.45, 2.75) is 19.8 Å². The molecule has 0 heterocycles. The number of ether oxygens (including phenoxy) is 1. The van der Waals surface area contributed by atoms with Crippen molar-refractivity contribution in [3.05, 3.63) is 63.6 Å². The molecule has 0 saturated carbocycles. The molecule has 0 aromatic heterocycles. The van der Waals surface area contributed by atoms with Crippen molar-refractivity contribution in [2.24, 2.45) is 0 Å². The van der Waals surface area contributed by atoms with Crippen molar-refractivity contribution >= 4 is 44.8 Å². The van der Waals surface area contributed by atoms with E-state index in [9.17, 15) is 14.7 Å². The molecule has 2 aromatic carbocycles. The van der Waals surface area contributed by atoms with Crippen molar-refractivity contribution < 1.29 is 19.4 Å². The molecule has 130 valence electrons. The van der Waals surface area contributed by atoms with Crippen LogP contribution in [0, 0.1) is 0 Å². The molecule has 0 unspecified atom stereocenters. The quantitative estimate of drug-likeness (QED) is 0.493. The molecule has 1 N–H and O–H groups in total. The molecular weight excluding hydrogens is 404 g/mol. The van der Waals surface area contributed by atoms with Crippen molar-refractivity contribution in [1.29, 1.82) is 0 Å². The number of benzene rings is 2. The van der Waals surface area contributed by atoms with E-state index in [2.05, 4.69) is 15.9 Å². The van der Waals surface area contributed by atoms with E-state index in [4.69, 9.17) is 17.0 Å². The molecule has 0 saturated heterocycles. The maximum Gasteiger partial charge on any atom is 0.335 e. The monoisotopic (exact) mass is 420 g/mol. The first-order chi connectivity index (χ1) is 11.9.